The summed E-state index contributed by atoms with van der Waals surface area (Å²) in [6.45, 7) is 0.649. The first kappa shape index (κ1) is 3.00. The van der Waals surface area contributed by atoms with Crippen molar-refractivity contribution in [3.8, 4) is 0 Å². The quantitative estimate of drug-likeness (QED) is 0.523. The number of carbonyl (C=O) groups is 1. The van der Waals surface area contributed by atoms with Crippen molar-refractivity contribution < 1.29 is 11.6 Å². The molecule has 0 aliphatic rings. The molecule has 0 radical (unpaired) electrons. The molecular formula is C8H14O. The Morgan fingerprint density at radius 3 is 3.22 bits per heavy atom. The number of carbonyl (C=O) groups excluding carboxylic acids is 1. The fourth-order valence-corrected chi connectivity index (χ4v) is 0.453. The highest BCUT2D eigenvalue weighted by molar-refractivity contribution is 5.88. The van der Waals surface area contributed by atoms with E-state index in [4.69, 9.17) is 6.85 Å². The summed E-state index contributed by atoms with van der Waals surface area (Å²) in [6.07, 6.45) is -0.808. The number of hydrogen-bond donors (Lipinski definition) is 0. The maximum atomic E-state index is 10.8. The molecule has 1 heteroatoms. The Morgan fingerprint density at radius 1 is 1.89 bits per heavy atom. The van der Waals surface area contributed by atoms with Gasteiger partial charge in [0.2, 0.25) is 0 Å². The van der Waals surface area contributed by atoms with Crippen LogP contribution in [0.3, 0.4) is 0 Å². The zero-order valence-electron chi connectivity index (χ0n) is 10.3. The van der Waals surface area contributed by atoms with Crippen LogP contribution in [0.25, 0.3) is 0 Å². The third-order valence-electron chi connectivity index (χ3n) is 0.953. The van der Waals surface area contributed by atoms with Crippen LogP contribution in [0, 0.1) is 0 Å². The largest absolute Gasteiger partial charge is 0.295 e. The molecule has 0 heterocycles. The summed E-state index contributed by atoms with van der Waals surface area (Å²) in [4.78, 5) is 10.8. The summed E-state index contributed by atoms with van der Waals surface area (Å²) in [5.74, 6) is -0.189. The minimum atomic E-state index is -2.62. The van der Waals surface area contributed by atoms with Crippen LogP contribution in [-0.2, 0) is 4.79 Å². The molecule has 0 aliphatic carbocycles. The van der Waals surface area contributed by atoms with E-state index < -0.39 is 13.2 Å². The monoisotopic (exact) mass is 131 g/mol. The molecule has 0 aromatic heterocycles. The molecule has 52 valence electrons. The van der Waals surface area contributed by atoms with Crippen LogP contribution in [-0.4, -0.2) is 5.78 Å². The smallest absolute Gasteiger partial charge is 0.155 e. The minimum absolute atomic E-state index is 0.136. The molecule has 0 amide bonds. The van der Waals surface area contributed by atoms with E-state index in [9.17, 15) is 4.79 Å². The molecule has 0 N–H and O–H groups in total. The van der Waals surface area contributed by atoms with E-state index in [2.05, 4.69) is 6.58 Å². The van der Waals surface area contributed by atoms with Gasteiger partial charge in [0.25, 0.3) is 0 Å². The number of ketones is 1. The Hall–Kier alpha value is -0.590. The van der Waals surface area contributed by atoms with E-state index in [1.807, 2.05) is 0 Å². The van der Waals surface area contributed by atoms with Gasteiger partial charge in [-0.05, 0) is 12.5 Å². The normalized spacial score (nSPS) is 20.2. The second-order valence-electron chi connectivity index (χ2n) is 1.70. The molecular weight excluding hydrogens is 112 g/mol. The summed E-state index contributed by atoms with van der Waals surface area (Å²) in [6, 6.07) is 0. The van der Waals surface area contributed by atoms with E-state index in [0.717, 1.165) is 6.08 Å². The Balaban J connectivity index is 4.01. The predicted molar refractivity (Wildman–Crippen MR) is 39.3 cm³/mol. The van der Waals surface area contributed by atoms with Gasteiger partial charge in [0, 0.05) is 13.3 Å². The van der Waals surface area contributed by atoms with E-state index in [-0.39, 0.29) is 25.0 Å². The van der Waals surface area contributed by atoms with Gasteiger partial charge in [-0.3, -0.25) is 4.79 Å². The third kappa shape index (κ3) is 5.28. The standard InChI is InChI=1S/C8H14O/c1-3-5-6-7-8(9)4-2/h4H,2-3,5-7H2,1H3/i1D3,3D2. The molecule has 0 aromatic rings. The van der Waals surface area contributed by atoms with Gasteiger partial charge < -0.3 is 0 Å². The van der Waals surface area contributed by atoms with Crippen molar-refractivity contribution in [2.45, 2.75) is 32.5 Å². The van der Waals surface area contributed by atoms with Crippen molar-refractivity contribution in [2.75, 3.05) is 0 Å². The molecule has 1 nitrogen and oxygen atoms in total. The Bertz CT molecular complexity index is 218. The van der Waals surface area contributed by atoms with Gasteiger partial charge in [-0.25, -0.2) is 0 Å². The van der Waals surface area contributed by atoms with Crippen molar-refractivity contribution in [3.63, 3.8) is 0 Å². The summed E-state index contributed by atoms with van der Waals surface area (Å²) < 4.78 is 35.2. The molecule has 0 aromatic carbocycles. The second-order valence-corrected chi connectivity index (χ2v) is 1.70. The van der Waals surface area contributed by atoms with Crippen LogP contribution in [0.4, 0.5) is 0 Å². The lowest BCUT2D eigenvalue weighted by molar-refractivity contribution is -0.114. The summed E-state index contributed by atoms with van der Waals surface area (Å²) >= 11 is 0. The maximum Gasteiger partial charge on any atom is 0.155 e. The van der Waals surface area contributed by atoms with Crippen LogP contribution < -0.4 is 0 Å². The fraction of sp³-hybridized carbons (Fsp3) is 0.625. The number of hydrogen-bond acceptors (Lipinski definition) is 1. The van der Waals surface area contributed by atoms with Gasteiger partial charge in [0.05, 0.1) is 0 Å². The van der Waals surface area contributed by atoms with Crippen LogP contribution >= 0.6 is 0 Å². The maximum absolute atomic E-state index is 10.8. The highest BCUT2D eigenvalue weighted by Crippen LogP contribution is 1.99. The number of allylic oxidation sites excluding steroid dienone is 1. The SMILES string of the molecule is [2H]C([2H])([2H])C([2H])([2H])CCCC(=O)C=C. The zero-order chi connectivity index (χ0) is 11.4. The average Bonchev–Trinajstić information content (AvgIpc) is 2.01. The molecule has 0 rings (SSSR count). The van der Waals surface area contributed by atoms with Gasteiger partial charge in [-0.2, -0.15) is 0 Å². The molecule has 0 atom stereocenters. The summed E-state index contributed by atoms with van der Waals surface area (Å²) in [5, 5.41) is 0. The predicted octanol–water partition coefficient (Wildman–Crippen LogP) is 2.32. The molecule has 0 fully saturated rings. The van der Waals surface area contributed by atoms with Gasteiger partial charge in [0.1, 0.15) is 0 Å². The molecule has 0 saturated heterocycles. The Labute approximate surface area is 63.8 Å². The van der Waals surface area contributed by atoms with Crippen molar-refractivity contribution in [2.24, 2.45) is 0 Å². The lowest BCUT2D eigenvalue weighted by Crippen LogP contribution is -1.90. The van der Waals surface area contributed by atoms with Gasteiger partial charge >= 0.3 is 0 Å². The highest BCUT2D eigenvalue weighted by Gasteiger charge is 1.92. The molecule has 0 aliphatic heterocycles. The summed E-state index contributed by atoms with van der Waals surface area (Å²) in [7, 11) is 0. The summed E-state index contributed by atoms with van der Waals surface area (Å²) in [5.41, 5.74) is 0. The fourth-order valence-electron chi connectivity index (χ4n) is 0.453. The van der Waals surface area contributed by atoms with Crippen LogP contribution in [0.5, 0.6) is 0 Å². The Kier molecular flexibility index (Phi) is 1.85. The first-order valence-electron chi connectivity index (χ1n) is 5.36. The molecule has 0 unspecified atom stereocenters. The molecule has 0 bridgehead atoms. The first-order chi connectivity index (χ1) is 6.20. The van der Waals surface area contributed by atoms with Gasteiger partial charge in [-0.1, -0.05) is 26.2 Å². The van der Waals surface area contributed by atoms with Gasteiger partial charge in [-0.15, -0.1) is 0 Å². The van der Waals surface area contributed by atoms with Crippen molar-refractivity contribution in [1.29, 1.82) is 0 Å². The van der Waals surface area contributed by atoms with Crippen molar-refractivity contribution in [1.82, 2.24) is 0 Å². The minimum Gasteiger partial charge on any atom is -0.295 e. The zero-order valence-corrected chi connectivity index (χ0v) is 5.31. The molecule has 0 spiro atoms. The highest BCUT2D eigenvalue weighted by atomic mass is 16.1. The average molecular weight is 131 g/mol. The van der Waals surface area contributed by atoms with Crippen LogP contribution in [0.15, 0.2) is 12.7 Å². The van der Waals surface area contributed by atoms with Crippen molar-refractivity contribution in [3.05, 3.63) is 12.7 Å². The van der Waals surface area contributed by atoms with Gasteiger partial charge in [0.15, 0.2) is 5.78 Å². The third-order valence-corrected chi connectivity index (χ3v) is 0.953. The van der Waals surface area contributed by atoms with E-state index in [0.29, 0.717) is 0 Å². The Morgan fingerprint density at radius 2 is 2.67 bits per heavy atom. The van der Waals surface area contributed by atoms with E-state index >= 15 is 0 Å². The lowest BCUT2D eigenvalue weighted by atomic mass is 10.1. The molecule has 0 saturated carbocycles. The van der Waals surface area contributed by atoms with E-state index in [1.54, 1.807) is 0 Å². The van der Waals surface area contributed by atoms with Crippen LogP contribution in [0.2, 0.25) is 0 Å². The topological polar surface area (TPSA) is 17.1 Å². The first-order valence-corrected chi connectivity index (χ1v) is 2.86. The number of rotatable bonds is 5. The van der Waals surface area contributed by atoms with Crippen LogP contribution in [0.1, 0.15) is 39.3 Å². The second kappa shape index (κ2) is 5.54. The van der Waals surface area contributed by atoms with Crippen molar-refractivity contribution >= 4 is 5.78 Å². The lowest BCUT2D eigenvalue weighted by Gasteiger charge is -1.91. The van der Waals surface area contributed by atoms with E-state index in [1.165, 1.54) is 0 Å². The molecule has 9 heavy (non-hydrogen) atoms.